The summed E-state index contributed by atoms with van der Waals surface area (Å²) < 4.78 is 32.1. The van der Waals surface area contributed by atoms with Gasteiger partial charge in [-0.1, -0.05) is 129 Å². The predicted molar refractivity (Wildman–Crippen MR) is 435 cm³/mol. The first-order valence-corrected chi connectivity index (χ1v) is 36.0. The van der Waals surface area contributed by atoms with Gasteiger partial charge in [-0.3, -0.25) is 38.4 Å². The number of imidazole rings is 3. The first kappa shape index (κ1) is 73.3. The van der Waals surface area contributed by atoms with Gasteiger partial charge in [0.2, 0.25) is 0 Å². The summed E-state index contributed by atoms with van der Waals surface area (Å²) in [6.07, 6.45) is 14.3. The van der Waals surface area contributed by atoms with E-state index >= 15 is 0 Å². The van der Waals surface area contributed by atoms with Crippen LogP contribution in [-0.4, -0.2) is 90.9 Å². The van der Waals surface area contributed by atoms with Crippen LogP contribution in [0.5, 0.6) is 0 Å². The van der Waals surface area contributed by atoms with Crippen LogP contribution in [0.4, 0.5) is 17.1 Å². The van der Waals surface area contributed by atoms with E-state index in [4.69, 9.17) is 33.6 Å². The fourth-order valence-corrected chi connectivity index (χ4v) is 13.0. The van der Waals surface area contributed by atoms with Gasteiger partial charge in [0.15, 0.2) is 0 Å². The van der Waals surface area contributed by atoms with E-state index in [2.05, 4.69) is 143 Å². The molecule has 9 heterocycles. The number of pyridine rings is 4. The third kappa shape index (κ3) is 15.8. The Morgan fingerprint density at radius 3 is 1.06 bits per heavy atom. The number of carbonyl (C=O) groups excluding carboxylic acids is 1. The van der Waals surface area contributed by atoms with Crippen LogP contribution in [0.3, 0.4) is 0 Å². The number of hydrogen-bond donors (Lipinski definition) is 2. The van der Waals surface area contributed by atoms with Gasteiger partial charge < -0.3 is 29.3 Å². The number of nitrogens with zero attached hydrogens (tertiary/aromatic N) is 10. The van der Waals surface area contributed by atoms with E-state index < -0.39 is 14.0 Å². The third-order valence-corrected chi connectivity index (χ3v) is 19.8. The van der Waals surface area contributed by atoms with Gasteiger partial charge in [-0.05, 0) is 209 Å². The Morgan fingerprint density at radius 1 is 0.358 bits per heavy atom. The van der Waals surface area contributed by atoms with Gasteiger partial charge in [0.25, 0.3) is 5.91 Å². The molecule has 528 valence electrons. The van der Waals surface area contributed by atoms with Crippen molar-refractivity contribution >= 4 is 102 Å². The predicted octanol–water partition coefficient (Wildman–Crippen LogP) is 20.7. The number of anilines is 3. The standard InChI is InChI=1S/C36H24N6.C18H14BrN3O.C18H12BrN3.C12H24B2O4.CH4/c1-3-11-29(12-4-1)41-33-17-9-7-15-31(33)39-35(41)27-19-25(21-37-23-27)26-20-28(24-38-22-26)36-40-32-16-8-10-18-34(32)42(36)30-13-5-2-6-14-30;19-14-10-13(11-20-12-14)18(23)22-17-9-5-4-8-16(17)21-15-6-2-1-3-7-15;19-14-10-13(11-20-12-14)18-21-16-8-4-5-9-17(16)22(18)15-6-2-1-3-7-15;1-9(2)10(3,4)16-13(15-9)14-17-11(5,6)12(7,8)18-14;/h1-24H;1-12,21H,(H,22,23);1-12H;1-8H3;1H4. The molecule has 2 aliphatic heterocycles. The molecule has 106 heavy (non-hydrogen) atoms. The van der Waals surface area contributed by atoms with Gasteiger partial charge >= 0.3 is 14.0 Å². The topological polar surface area (TPSA) is 183 Å². The largest absolute Gasteiger partial charge is 0.488 e. The second kappa shape index (κ2) is 31.3. The Bertz CT molecular complexity index is 5350. The van der Waals surface area contributed by atoms with Gasteiger partial charge in [0.1, 0.15) is 17.5 Å². The van der Waals surface area contributed by atoms with Crippen LogP contribution in [0.25, 0.3) is 95.5 Å². The number of aromatic nitrogens is 10. The molecule has 15 aromatic rings. The van der Waals surface area contributed by atoms with E-state index in [0.29, 0.717) is 11.3 Å². The van der Waals surface area contributed by atoms with E-state index in [-0.39, 0.29) is 35.7 Å². The monoisotopic (exact) mass is 1530 g/mol. The van der Waals surface area contributed by atoms with Crippen molar-refractivity contribution in [3.05, 3.63) is 307 Å². The molecule has 0 spiro atoms. The molecule has 2 N–H and O–H groups in total. The first-order chi connectivity index (χ1) is 50.8. The molecule has 0 saturated carbocycles. The van der Waals surface area contributed by atoms with Crippen molar-refractivity contribution in [2.45, 2.75) is 85.2 Å². The minimum Gasteiger partial charge on any atom is -0.405 e. The Labute approximate surface area is 634 Å². The average Bonchev–Trinajstić information content (AvgIpc) is 1.60. The first-order valence-electron chi connectivity index (χ1n) is 34.4. The number of carbonyl (C=O) groups is 1. The molecule has 2 fully saturated rings. The maximum absolute atomic E-state index is 12.4. The minimum absolute atomic E-state index is 0. The molecule has 2 saturated heterocycles. The van der Waals surface area contributed by atoms with Gasteiger partial charge in [-0.25, -0.2) is 15.0 Å². The molecule has 0 bridgehead atoms. The number of para-hydroxylation sites is 12. The van der Waals surface area contributed by atoms with Crippen molar-refractivity contribution in [3.63, 3.8) is 0 Å². The van der Waals surface area contributed by atoms with Crippen molar-refractivity contribution in [2.24, 2.45) is 0 Å². The van der Waals surface area contributed by atoms with Gasteiger partial charge in [-0.2, -0.15) is 0 Å². The molecule has 1 amide bonds. The number of rotatable bonds is 12. The van der Waals surface area contributed by atoms with Gasteiger partial charge in [0.05, 0.1) is 72.4 Å². The lowest BCUT2D eigenvalue weighted by molar-refractivity contribution is 0.00578. The van der Waals surface area contributed by atoms with Crippen LogP contribution < -0.4 is 10.6 Å². The summed E-state index contributed by atoms with van der Waals surface area (Å²) in [5.41, 5.74) is 15.5. The Morgan fingerprint density at radius 2 is 0.670 bits per heavy atom. The average molecular weight is 1530 g/mol. The Kier molecular flexibility index (Phi) is 21.7. The van der Waals surface area contributed by atoms with Crippen molar-refractivity contribution in [1.29, 1.82) is 0 Å². The van der Waals surface area contributed by atoms with Crippen molar-refractivity contribution in [3.8, 4) is 62.4 Å². The number of benzene rings is 8. The summed E-state index contributed by atoms with van der Waals surface area (Å²) in [4.78, 5) is 44.8. The summed E-state index contributed by atoms with van der Waals surface area (Å²) in [5.74, 6) is 2.36. The molecule has 21 heteroatoms. The summed E-state index contributed by atoms with van der Waals surface area (Å²) in [6, 6.07) is 80.9. The third-order valence-electron chi connectivity index (χ3n) is 19.0. The van der Waals surface area contributed by atoms with Crippen LogP contribution in [0.1, 0.15) is 73.2 Å². The lowest BCUT2D eigenvalue weighted by Crippen LogP contribution is -2.41. The Hall–Kier alpha value is -11.0. The van der Waals surface area contributed by atoms with Crippen molar-refractivity contribution < 1.29 is 23.4 Å². The molecule has 17 nitrogen and oxygen atoms in total. The zero-order chi connectivity index (χ0) is 72.9. The normalized spacial score (nSPS) is 14.4. The number of amides is 1. The van der Waals surface area contributed by atoms with Gasteiger partial charge in [0, 0.05) is 109 Å². The molecule has 0 unspecified atom stereocenters. The minimum atomic E-state index is -0.476. The highest BCUT2D eigenvalue weighted by atomic mass is 79.9. The second-order valence-electron chi connectivity index (χ2n) is 27.2. The molecule has 0 radical (unpaired) electrons. The van der Waals surface area contributed by atoms with Crippen LogP contribution >= 0.6 is 31.9 Å². The fourth-order valence-electron chi connectivity index (χ4n) is 12.3. The van der Waals surface area contributed by atoms with E-state index in [9.17, 15) is 4.79 Å². The van der Waals surface area contributed by atoms with Gasteiger partial charge in [-0.15, -0.1) is 0 Å². The highest BCUT2D eigenvalue weighted by molar-refractivity contribution is 9.10. The molecular formula is C85H78B2Br2N12O5. The Balaban J connectivity index is 0.000000133. The van der Waals surface area contributed by atoms with Crippen LogP contribution in [0, 0.1) is 0 Å². The van der Waals surface area contributed by atoms with Crippen molar-refractivity contribution in [1.82, 2.24) is 48.6 Å². The molecule has 17 rings (SSSR count). The quantitative estimate of drug-likeness (QED) is 0.110. The maximum Gasteiger partial charge on any atom is 0.488 e. The summed E-state index contributed by atoms with van der Waals surface area (Å²) in [6.45, 7) is 16.2. The second-order valence-corrected chi connectivity index (χ2v) is 29.1. The smallest absolute Gasteiger partial charge is 0.405 e. The van der Waals surface area contributed by atoms with Crippen LogP contribution in [0.15, 0.2) is 301 Å². The summed E-state index contributed by atoms with van der Waals surface area (Å²) in [5, 5.41) is 6.21. The summed E-state index contributed by atoms with van der Waals surface area (Å²) in [7, 11) is -0.952. The number of hydrogen-bond acceptors (Lipinski definition) is 13. The van der Waals surface area contributed by atoms with E-state index in [1.807, 2.05) is 256 Å². The molecule has 7 aromatic heterocycles. The highest BCUT2D eigenvalue weighted by Gasteiger charge is 2.63. The zero-order valence-electron chi connectivity index (χ0n) is 59.1. The molecule has 0 atom stereocenters. The number of halogens is 2. The molecule has 0 aliphatic carbocycles. The van der Waals surface area contributed by atoms with E-state index in [1.165, 1.54) is 6.20 Å². The zero-order valence-corrected chi connectivity index (χ0v) is 62.3. The maximum atomic E-state index is 12.4. The van der Waals surface area contributed by atoms with E-state index in [1.54, 1.807) is 18.5 Å². The molecule has 2 aliphatic rings. The lowest BCUT2D eigenvalue weighted by atomic mass is 9.49. The fraction of sp³-hybridized carbons (Fsp3) is 0.153. The summed E-state index contributed by atoms with van der Waals surface area (Å²) >= 11 is 6.80. The molecule has 8 aromatic carbocycles. The number of fused-ring (bicyclic) bond motifs is 3. The van der Waals surface area contributed by atoms with E-state index in [0.717, 1.165) is 116 Å². The SMILES string of the molecule is Brc1cncc(-c2nc3ccccc3n2-c2ccccc2)c1.C.CC1(C)OB(B2OC(C)(C)C(C)(C)O2)OC1(C)C.O=C(Nc1ccccc1Nc1ccccc1)c1cncc(Br)c1.c1ccc(-n2c(-c3cncc(-c4cncc(-c5nc6ccccc6n5-c5ccccc5)c4)c3)nc3ccccc32)cc1. The highest BCUT2D eigenvalue weighted by Crippen LogP contribution is 2.44. The van der Waals surface area contributed by atoms with Crippen molar-refractivity contribution in [2.75, 3.05) is 10.6 Å². The van der Waals surface area contributed by atoms with Crippen LogP contribution in [-0.2, 0) is 18.6 Å². The lowest BCUT2D eigenvalue weighted by Gasteiger charge is -2.32. The van der Waals surface area contributed by atoms with Crippen LogP contribution in [0.2, 0.25) is 0 Å². The number of nitrogens with one attached hydrogen (secondary N) is 2. The molecular weight excluding hydrogens is 1450 g/mol.